The molecule has 34 nitrogen and oxygen atoms in total. The molecule has 0 spiro atoms. The fourth-order valence-corrected chi connectivity index (χ4v) is 19.3. The Morgan fingerprint density at radius 1 is 0.628 bits per heavy atom. The minimum Gasteiger partial charge on any atom is -0.457 e. The summed E-state index contributed by atoms with van der Waals surface area (Å²) in [4.78, 5) is 125. The number of esters is 2. The molecule has 39 heteroatoms. The number of Topliss-reactive ketones (excluding diaryl/α,β-unsaturated/α-hetero) is 3. The van der Waals surface area contributed by atoms with E-state index in [9.17, 15) is 44.1 Å². The van der Waals surface area contributed by atoms with Crippen molar-refractivity contribution >= 4 is 109 Å². The van der Waals surface area contributed by atoms with Gasteiger partial charge in [0.05, 0.1) is 72.4 Å². The monoisotopic (exact) mass is 1970 g/mol. The van der Waals surface area contributed by atoms with Crippen LogP contribution in [0.4, 0.5) is 20.4 Å². The number of amides is 1. The molecule has 728 valence electrons. The summed E-state index contributed by atoms with van der Waals surface area (Å²) in [5, 5.41) is 45.6. The van der Waals surface area contributed by atoms with E-state index in [4.69, 9.17) is 74.3 Å². The van der Waals surface area contributed by atoms with Gasteiger partial charge in [-0.3, -0.25) is 39.0 Å². The van der Waals surface area contributed by atoms with Crippen LogP contribution < -0.4 is 17.4 Å². The zero-order chi connectivity index (χ0) is 94.9. The van der Waals surface area contributed by atoms with Crippen LogP contribution in [0.1, 0.15) is 189 Å². The van der Waals surface area contributed by atoms with Crippen LogP contribution in [0.15, 0.2) is 62.6 Å². The van der Waals surface area contributed by atoms with Crippen molar-refractivity contribution in [1.29, 1.82) is 0 Å². The lowest BCUT2D eigenvalue weighted by Crippen LogP contribution is -2.61. The van der Waals surface area contributed by atoms with Crippen molar-refractivity contribution in [2.75, 3.05) is 85.2 Å². The molecule has 4 bridgehead atoms. The third-order valence-electron chi connectivity index (χ3n) is 24.6. The third kappa shape index (κ3) is 27.7. The van der Waals surface area contributed by atoms with E-state index >= 15 is 8.78 Å². The zero-order valence-corrected chi connectivity index (χ0v) is 81.5. The average molecular weight is 1970 g/mol. The topological polar surface area (TPSA) is 456 Å². The fraction of sp³-hybridized carbons (Fsp3) is 0.722. The van der Waals surface area contributed by atoms with E-state index in [-0.39, 0.29) is 90.6 Å². The van der Waals surface area contributed by atoms with E-state index in [1.54, 1.807) is 84.9 Å². The van der Waals surface area contributed by atoms with Crippen LogP contribution in [-0.4, -0.2) is 291 Å². The summed E-state index contributed by atoms with van der Waals surface area (Å²) in [5.74, 6) is -5.36. The first-order valence-corrected chi connectivity index (χ1v) is 46.8. The van der Waals surface area contributed by atoms with Crippen molar-refractivity contribution in [2.45, 2.75) is 310 Å². The molecule has 4 aromatic rings. The number of fused-ring (bicyclic) bond motifs is 10. The number of hydrogen-bond acceptors (Lipinski definition) is 35. The Morgan fingerprint density at radius 2 is 1.06 bits per heavy atom. The number of oxime groups is 1. The molecule has 1 amide bonds. The number of likely N-dealkylation sites (N-methyl/N-ethyl adjacent to an activating group) is 2. The van der Waals surface area contributed by atoms with Gasteiger partial charge in [0.25, 0.3) is 11.3 Å². The molecule has 4 aromatic heterocycles. The predicted molar refractivity (Wildman–Crippen MR) is 498 cm³/mol. The SMILES string of the molecule is C.C.CCC(=O)N=C1[C@H](C)C[C@@]2(C)OCC(=NOCc3ccc(-c4nc(N)cs4)cn3)CO[C@H]([C@H]1C)[C@](C)(O)[C@@H](CC)OC(=O)[C@@](C)(F)C(=O)[C@H](C)[C@H]2O[C@@H]1O[C@H](C)C[C@H](N(C)C)[C@H]1O.CC[C@H]1OC(=O)[C@@](C)(F)C(=O)[C@H](C)[C@@H](O[C@@H]2O[C@H](C)C[C@H](N(C)C)[C@H]2OC)[C@@]2(C)C[C@@H](C)C(=NC)[C@H](C)[C@@H](OCC(=O)CO2)[C@]1(C)O.CI.NOCc1ccc(-c2nc(N)cs2)cn1. The number of carbonyl (C=O) groups excluding carboxylic acids is 6. The highest BCUT2D eigenvalue weighted by molar-refractivity contribution is 14.1. The minimum absolute atomic E-state index is 0. The van der Waals surface area contributed by atoms with Crippen molar-refractivity contribution < 1.29 is 115 Å². The van der Waals surface area contributed by atoms with Gasteiger partial charge in [0.15, 0.2) is 36.5 Å². The van der Waals surface area contributed by atoms with E-state index in [1.165, 1.54) is 50.4 Å². The second-order valence-electron chi connectivity index (χ2n) is 35.2. The van der Waals surface area contributed by atoms with Crippen LogP contribution >= 0.6 is 45.3 Å². The van der Waals surface area contributed by atoms with Crippen LogP contribution in [0.3, 0.4) is 0 Å². The summed E-state index contributed by atoms with van der Waals surface area (Å²) in [5.41, 5.74) is 2.25. The number of aliphatic imine (C=N–C) groups is 2. The van der Waals surface area contributed by atoms with Crippen molar-refractivity contribution in [3.8, 4) is 21.1 Å². The van der Waals surface area contributed by atoms with Gasteiger partial charge in [0, 0.05) is 102 Å². The fourth-order valence-electron chi connectivity index (χ4n) is 17.9. The Morgan fingerprint density at radius 3 is 1.48 bits per heavy atom. The molecule has 0 radical (unpaired) electrons. The van der Waals surface area contributed by atoms with E-state index in [2.05, 4.69) is 62.5 Å². The number of ether oxygens (including phenoxy) is 11. The number of aromatic nitrogens is 4. The van der Waals surface area contributed by atoms with Gasteiger partial charge >= 0.3 is 11.9 Å². The summed E-state index contributed by atoms with van der Waals surface area (Å²) in [6.07, 6.45) is -7.66. The van der Waals surface area contributed by atoms with Crippen LogP contribution in [0.5, 0.6) is 0 Å². The van der Waals surface area contributed by atoms with Gasteiger partial charge in [-0.05, 0) is 163 Å². The second-order valence-corrected chi connectivity index (χ2v) is 36.9. The molecule has 0 saturated carbocycles. The molecule has 26 atom stereocenters. The lowest BCUT2D eigenvalue weighted by Gasteiger charge is -2.48. The number of aliphatic hydroxyl groups excluding tert-OH is 1. The second kappa shape index (κ2) is 49.2. The highest BCUT2D eigenvalue weighted by atomic mass is 127. The number of nitrogen functional groups attached to an aromatic ring is 2. The first kappa shape index (κ1) is 113. The molecule has 129 heavy (non-hydrogen) atoms. The molecule has 6 fully saturated rings. The van der Waals surface area contributed by atoms with E-state index in [0.29, 0.717) is 53.2 Å². The summed E-state index contributed by atoms with van der Waals surface area (Å²) < 4.78 is 102. The van der Waals surface area contributed by atoms with Crippen LogP contribution in [0.2, 0.25) is 0 Å². The number of hydrogen-bond donors (Lipinski definition) is 6. The number of alkyl halides is 3. The first-order valence-electron chi connectivity index (χ1n) is 42.9. The quantitative estimate of drug-likeness (QED) is 0.0188. The first-order chi connectivity index (χ1) is 59.6. The van der Waals surface area contributed by atoms with Gasteiger partial charge in [0.1, 0.15) is 82.8 Å². The molecule has 0 aromatic carbocycles. The Kier molecular flexibility index (Phi) is 43.1. The highest BCUT2D eigenvalue weighted by Gasteiger charge is 2.60. The number of thiazole rings is 2. The summed E-state index contributed by atoms with van der Waals surface area (Å²) in [6.45, 7) is 25.6. The standard InChI is InChI=1S/C44H65FN6O11S.C34H57FN2O10.C9H10N4OS.CH3I.2CH4/c1-12-31-44(9,56)38-25(5)34(49-33(52)13-2)23(3)17-42(7,58-20-29(19-57-38)50-59-21-28-15-14-27(18-47-28)39-48-32(46)22-63-39)37(26(6)36(54)43(8,45)41(55)61-31)62-40-35(53)30(51(10)11)16-24(4)60-40;1-13-24-34(8,41)29-20(4)25(36-9)18(2)15-32(6,44-17-22(38)16-43-29)28(21(5)27(39)33(7,35)31(40)46-24)47-30-26(42-12)23(37(10)11)14-19(3)45-30;10-8-5-15-9(13-8)6-1-2-7(4-14-11)12-3-6;1-2;;/h14-15,18,22-26,30-31,35,37-38,40,53,56H,12-13,16-17,19-21,46H2,1-11H3;18-21,23-24,26,28-30,41H,13-17H2,1-12H3;1-3,5H,4,10-11H2;1H3;2*1H4/t23-,24-,25+,26+,30+,31-,35-,37-,38-,40+,42-,43+,44-;18-,19-,20+,21+,23+,24-,26-,28-,29-,30+,32-,33+,34-;;;;/m11..../s1. The van der Waals surface area contributed by atoms with Crippen molar-refractivity contribution in [1.82, 2.24) is 29.7 Å². The molecule has 10 heterocycles. The molecule has 6 saturated heterocycles. The van der Waals surface area contributed by atoms with Crippen LogP contribution in [0.25, 0.3) is 21.1 Å². The van der Waals surface area contributed by atoms with E-state index in [1.807, 2.05) is 95.7 Å². The molecular weight excluding hydrogens is 1830 g/mol. The van der Waals surface area contributed by atoms with E-state index < -0.39 is 185 Å². The average Bonchev–Trinajstić information content (AvgIpc) is 1.69. The number of methoxy groups -OCH3 is 1. The molecule has 9 N–H and O–H groups in total. The maximum Gasteiger partial charge on any atom is 0.351 e. The number of nitrogens with zero attached hydrogens (tertiary/aromatic N) is 9. The van der Waals surface area contributed by atoms with Gasteiger partial charge in [-0.15, -0.1) is 22.7 Å². The number of nitrogens with two attached hydrogens (primary N) is 3. The number of carbonyl (C=O) groups is 6. The Bertz CT molecular complexity index is 4370. The number of rotatable bonds is 17. The van der Waals surface area contributed by atoms with Crippen molar-refractivity contribution in [2.24, 2.45) is 56.5 Å². The molecule has 0 unspecified atom stereocenters. The molecule has 10 rings (SSSR count). The minimum atomic E-state index is -3.23. The van der Waals surface area contributed by atoms with Gasteiger partial charge in [-0.25, -0.2) is 39.2 Å². The molecule has 6 aliphatic heterocycles. The maximum atomic E-state index is 17.0. The van der Waals surface area contributed by atoms with Gasteiger partial charge < -0.3 is 93.5 Å². The van der Waals surface area contributed by atoms with Crippen molar-refractivity contribution in [3.63, 3.8) is 0 Å². The zero-order valence-electron chi connectivity index (χ0n) is 77.7. The van der Waals surface area contributed by atoms with Gasteiger partial charge in [0.2, 0.25) is 5.91 Å². The lowest BCUT2D eigenvalue weighted by molar-refractivity contribution is -0.300. The summed E-state index contributed by atoms with van der Waals surface area (Å²) >= 11 is 5.03. The number of pyridine rings is 2. The number of ketones is 3. The summed E-state index contributed by atoms with van der Waals surface area (Å²) in [7, 11) is 10.6. The van der Waals surface area contributed by atoms with Crippen molar-refractivity contribution in [3.05, 3.63) is 58.8 Å². The van der Waals surface area contributed by atoms with Gasteiger partial charge in [-0.1, -0.05) is 105 Å². The highest BCUT2D eigenvalue weighted by Crippen LogP contribution is 2.45. The predicted octanol–water partition coefficient (Wildman–Crippen LogP) is 11.2. The Hall–Kier alpha value is -6.46. The molecular formula is C90H143F2IN12O22S2. The van der Waals surface area contributed by atoms with E-state index in [0.717, 1.165) is 35.7 Å². The number of anilines is 2. The number of halogens is 3. The molecule has 6 aliphatic rings. The third-order valence-corrected chi connectivity index (χ3v) is 26.4. The Balaban J connectivity index is 0.000000390. The molecule has 0 aliphatic carbocycles. The largest absolute Gasteiger partial charge is 0.457 e. The van der Waals surface area contributed by atoms with Crippen LogP contribution in [-0.2, 0) is 104 Å². The normalized spacial score (nSPS) is 36.3. The number of aliphatic hydroxyl groups is 3. The van der Waals surface area contributed by atoms with Gasteiger partial charge in [-0.2, -0.15) is 0 Å². The summed E-state index contributed by atoms with van der Waals surface area (Å²) in [6, 6.07) is 6.83. The number of cyclic esters (lactones) is 2. The maximum absolute atomic E-state index is 17.0. The lowest BCUT2D eigenvalue weighted by atomic mass is 9.73. The van der Waals surface area contributed by atoms with Crippen LogP contribution in [0, 0.1) is 35.5 Å². The Labute approximate surface area is 780 Å². The smallest absolute Gasteiger partial charge is 0.351 e.